The monoisotopic (exact) mass is 250 g/mol. The van der Waals surface area contributed by atoms with Crippen molar-refractivity contribution >= 4 is 11.5 Å². The van der Waals surface area contributed by atoms with Crippen molar-refractivity contribution in [2.24, 2.45) is 18.8 Å². The summed E-state index contributed by atoms with van der Waals surface area (Å²) in [6.07, 6.45) is 3.62. The summed E-state index contributed by atoms with van der Waals surface area (Å²) in [7, 11) is 1.85. The highest BCUT2D eigenvalue weighted by molar-refractivity contribution is 5.83. The maximum Gasteiger partial charge on any atom is 0.330 e. The number of nitrogens with two attached hydrogens (primary N) is 1. The Kier molecular flexibility index (Phi) is 3.38. The van der Waals surface area contributed by atoms with Crippen LogP contribution in [0.25, 0.3) is 5.57 Å². The van der Waals surface area contributed by atoms with E-state index >= 15 is 0 Å². The van der Waals surface area contributed by atoms with Gasteiger partial charge in [0.25, 0.3) is 0 Å². The van der Waals surface area contributed by atoms with Crippen LogP contribution in [0.1, 0.15) is 19.5 Å². The van der Waals surface area contributed by atoms with E-state index in [1.165, 1.54) is 5.01 Å². The predicted molar refractivity (Wildman–Crippen MR) is 66.8 cm³/mol. The van der Waals surface area contributed by atoms with Gasteiger partial charge in [-0.3, -0.25) is 4.68 Å². The third-order valence-corrected chi connectivity index (χ3v) is 3.11. The molecule has 1 aromatic rings. The van der Waals surface area contributed by atoms with Crippen molar-refractivity contribution in [1.82, 2.24) is 14.8 Å². The highest BCUT2D eigenvalue weighted by atomic mass is 16.5. The number of ether oxygens (including phenoxy) is 1. The number of rotatable bonds is 3. The van der Waals surface area contributed by atoms with Crippen LogP contribution >= 0.6 is 0 Å². The smallest absolute Gasteiger partial charge is 0.330 e. The fraction of sp³-hybridized carbons (Fsp3) is 0.500. The summed E-state index contributed by atoms with van der Waals surface area (Å²) in [5.74, 6) is 5.52. The van der Waals surface area contributed by atoms with Gasteiger partial charge in [0.2, 0.25) is 0 Å². The zero-order chi connectivity index (χ0) is 13.3. The first-order valence-corrected chi connectivity index (χ1v) is 5.96. The largest absolute Gasteiger partial charge is 0.464 e. The molecule has 98 valence electrons. The summed E-state index contributed by atoms with van der Waals surface area (Å²) in [4.78, 5) is 11.8. The molecule has 1 aliphatic rings. The lowest BCUT2D eigenvalue weighted by molar-refractivity contribution is -0.149. The van der Waals surface area contributed by atoms with Crippen LogP contribution in [0, 0.1) is 5.92 Å². The number of aryl methyl sites for hydroxylation is 1. The van der Waals surface area contributed by atoms with Crippen molar-refractivity contribution in [1.29, 1.82) is 0 Å². The molecule has 2 rings (SSSR count). The second-order valence-corrected chi connectivity index (χ2v) is 4.39. The Morgan fingerprint density at radius 2 is 2.33 bits per heavy atom. The second kappa shape index (κ2) is 4.81. The molecule has 0 fully saturated rings. The van der Waals surface area contributed by atoms with E-state index in [2.05, 4.69) is 5.10 Å². The van der Waals surface area contributed by atoms with Gasteiger partial charge in [0.1, 0.15) is 6.04 Å². The number of hydrogen-bond donors (Lipinski definition) is 1. The molecule has 0 saturated carbocycles. The molecule has 0 bridgehead atoms. The third-order valence-electron chi connectivity index (χ3n) is 3.11. The minimum atomic E-state index is -0.470. The van der Waals surface area contributed by atoms with Gasteiger partial charge in [0, 0.05) is 30.9 Å². The maximum atomic E-state index is 11.8. The van der Waals surface area contributed by atoms with E-state index in [1.54, 1.807) is 17.8 Å². The second-order valence-electron chi connectivity index (χ2n) is 4.39. The highest BCUT2D eigenvalue weighted by Crippen LogP contribution is 2.33. The average Bonchev–Trinajstić information content (AvgIpc) is 2.83. The van der Waals surface area contributed by atoms with Crippen LogP contribution in [0.4, 0.5) is 0 Å². The fourth-order valence-corrected chi connectivity index (χ4v) is 2.21. The van der Waals surface area contributed by atoms with Crippen LogP contribution in [0.5, 0.6) is 0 Å². The van der Waals surface area contributed by atoms with E-state index in [0.29, 0.717) is 6.61 Å². The zero-order valence-electron chi connectivity index (χ0n) is 10.8. The minimum absolute atomic E-state index is 0.0380. The molecule has 2 heterocycles. The Bertz CT molecular complexity index is 480. The zero-order valence-corrected chi connectivity index (χ0v) is 10.8. The van der Waals surface area contributed by atoms with Gasteiger partial charge in [-0.15, -0.1) is 0 Å². The van der Waals surface area contributed by atoms with Gasteiger partial charge in [-0.2, -0.15) is 5.10 Å². The van der Waals surface area contributed by atoms with Gasteiger partial charge in [0.15, 0.2) is 0 Å². The van der Waals surface area contributed by atoms with Crippen molar-refractivity contribution in [3.05, 3.63) is 24.2 Å². The highest BCUT2D eigenvalue weighted by Gasteiger charge is 2.38. The summed E-state index contributed by atoms with van der Waals surface area (Å²) in [6, 6.07) is 1.44. The SMILES string of the molecule is CCOC(=O)C1C(C)C(c2ccn(C)n2)=CN1N. The predicted octanol–water partition coefficient (Wildman–Crippen LogP) is 0.518. The summed E-state index contributed by atoms with van der Waals surface area (Å²) in [6.45, 7) is 4.09. The first-order chi connectivity index (χ1) is 8.54. The summed E-state index contributed by atoms with van der Waals surface area (Å²) < 4.78 is 6.76. The number of esters is 1. The lowest BCUT2D eigenvalue weighted by Gasteiger charge is -2.22. The minimum Gasteiger partial charge on any atom is -0.464 e. The van der Waals surface area contributed by atoms with E-state index < -0.39 is 6.04 Å². The molecule has 0 radical (unpaired) electrons. The fourth-order valence-electron chi connectivity index (χ4n) is 2.21. The quantitative estimate of drug-likeness (QED) is 0.625. The van der Waals surface area contributed by atoms with Crippen LogP contribution in [0.2, 0.25) is 0 Å². The first kappa shape index (κ1) is 12.6. The van der Waals surface area contributed by atoms with Crippen LogP contribution in [-0.4, -0.2) is 33.4 Å². The molecular weight excluding hydrogens is 232 g/mol. The van der Waals surface area contributed by atoms with Crippen LogP contribution < -0.4 is 5.84 Å². The first-order valence-electron chi connectivity index (χ1n) is 5.96. The number of nitrogens with zero attached hydrogens (tertiary/aromatic N) is 3. The molecule has 0 saturated heterocycles. The summed E-state index contributed by atoms with van der Waals surface area (Å²) >= 11 is 0. The van der Waals surface area contributed by atoms with Crippen LogP contribution in [0.3, 0.4) is 0 Å². The standard InChI is InChI=1S/C12H18N4O2/c1-4-18-12(17)11-8(2)9(7-16(11)13)10-5-6-15(3)14-10/h5-8,11H,4,13H2,1-3H3. The molecular formula is C12H18N4O2. The molecule has 18 heavy (non-hydrogen) atoms. The van der Waals surface area contributed by atoms with Crippen LogP contribution in [-0.2, 0) is 16.6 Å². The third kappa shape index (κ3) is 2.11. The number of hydrogen-bond acceptors (Lipinski definition) is 5. The Hall–Kier alpha value is -1.82. The number of carbonyl (C=O) groups excluding carboxylic acids is 1. The molecule has 2 unspecified atom stereocenters. The van der Waals surface area contributed by atoms with Gasteiger partial charge in [-0.05, 0) is 13.0 Å². The normalized spacial score (nSPS) is 23.1. The number of aromatic nitrogens is 2. The molecule has 2 atom stereocenters. The number of hydrazine groups is 1. The molecule has 6 heteroatoms. The summed E-state index contributed by atoms with van der Waals surface area (Å²) in [5, 5.41) is 5.74. The Labute approximate surface area is 106 Å². The molecule has 0 aromatic carbocycles. The van der Waals surface area contributed by atoms with Crippen molar-refractivity contribution in [3.8, 4) is 0 Å². The molecule has 0 spiro atoms. The van der Waals surface area contributed by atoms with Gasteiger partial charge in [-0.1, -0.05) is 6.92 Å². The van der Waals surface area contributed by atoms with Gasteiger partial charge >= 0.3 is 5.97 Å². The van der Waals surface area contributed by atoms with E-state index in [1.807, 2.05) is 26.2 Å². The van der Waals surface area contributed by atoms with Crippen molar-refractivity contribution in [2.45, 2.75) is 19.9 Å². The van der Waals surface area contributed by atoms with Gasteiger partial charge in [0.05, 0.1) is 12.3 Å². The van der Waals surface area contributed by atoms with Crippen molar-refractivity contribution in [3.63, 3.8) is 0 Å². The van der Waals surface area contributed by atoms with E-state index in [-0.39, 0.29) is 11.9 Å². The lowest BCUT2D eigenvalue weighted by Crippen LogP contribution is -2.43. The van der Waals surface area contributed by atoms with Crippen LogP contribution in [0.15, 0.2) is 18.5 Å². The molecule has 2 N–H and O–H groups in total. The molecule has 0 aliphatic carbocycles. The van der Waals surface area contributed by atoms with Gasteiger partial charge in [-0.25, -0.2) is 10.6 Å². The van der Waals surface area contributed by atoms with E-state index in [4.69, 9.17) is 10.6 Å². The van der Waals surface area contributed by atoms with E-state index in [0.717, 1.165) is 11.3 Å². The van der Waals surface area contributed by atoms with Crippen molar-refractivity contribution in [2.75, 3.05) is 6.61 Å². The molecule has 1 aliphatic heterocycles. The Morgan fingerprint density at radius 3 is 2.89 bits per heavy atom. The van der Waals surface area contributed by atoms with E-state index in [9.17, 15) is 4.79 Å². The molecule has 6 nitrogen and oxygen atoms in total. The average molecular weight is 250 g/mol. The molecule has 0 amide bonds. The molecule has 1 aromatic heterocycles. The maximum absolute atomic E-state index is 11.8. The number of carbonyl (C=O) groups is 1. The Morgan fingerprint density at radius 1 is 1.61 bits per heavy atom. The Balaban J connectivity index is 2.21. The van der Waals surface area contributed by atoms with Gasteiger partial charge < -0.3 is 9.75 Å². The lowest BCUT2D eigenvalue weighted by atomic mass is 9.95. The topological polar surface area (TPSA) is 73.4 Å². The summed E-state index contributed by atoms with van der Waals surface area (Å²) in [5.41, 5.74) is 1.79. The van der Waals surface area contributed by atoms with Crippen molar-refractivity contribution < 1.29 is 9.53 Å².